The molecule has 1 saturated heterocycles. The Balaban J connectivity index is 1.95. The smallest absolute Gasteiger partial charge is 0.180 e. The second-order valence-electron chi connectivity index (χ2n) is 3.76. The first kappa shape index (κ1) is 10.5. The fourth-order valence-corrected chi connectivity index (χ4v) is 1.79. The van der Waals surface area contributed by atoms with Gasteiger partial charge in [0.05, 0.1) is 0 Å². The van der Waals surface area contributed by atoms with E-state index in [1.54, 1.807) is 0 Å². The highest BCUT2D eigenvalue weighted by Gasteiger charge is 2.23. The molecule has 2 heterocycles. The van der Waals surface area contributed by atoms with Gasteiger partial charge < -0.3 is 10.5 Å². The molecule has 0 aromatic carbocycles. The SMILES string of the molecule is NCCCCn1nnnc1C1CCCO1. The van der Waals surface area contributed by atoms with Crippen molar-refractivity contribution >= 4 is 0 Å². The lowest BCUT2D eigenvalue weighted by atomic mass is 10.2. The number of aromatic nitrogens is 4. The Morgan fingerprint density at radius 1 is 1.47 bits per heavy atom. The first-order valence-electron chi connectivity index (χ1n) is 5.49. The van der Waals surface area contributed by atoms with E-state index in [1.807, 2.05) is 4.68 Å². The molecule has 1 atom stereocenters. The molecule has 0 spiro atoms. The van der Waals surface area contributed by atoms with Crippen molar-refractivity contribution in [3.8, 4) is 0 Å². The lowest BCUT2D eigenvalue weighted by Gasteiger charge is -2.08. The van der Waals surface area contributed by atoms with Crippen molar-refractivity contribution in [3.05, 3.63) is 5.82 Å². The zero-order valence-electron chi connectivity index (χ0n) is 8.80. The summed E-state index contributed by atoms with van der Waals surface area (Å²) in [6.07, 6.45) is 4.24. The molecule has 1 aliphatic rings. The van der Waals surface area contributed by atoms with Crippen molar-refractivity contribution in [1.29, 1.82) is 0 Å². The predicted octanol–water partition coefficient (Wildman–Crippen LogP) is 0.263. The first-order valence-corrected chi connectivity index (χ1v) is 5.49. The molecule has 6 heteroatoms. The van der Waals surface area contributed by atoms with Crippen LogP contribution in [0.4, 0.5) is 0 Å². The summed E-state index contributed by atoms with van der Waals surface area (Å²) in [5, 5.41) is 11.7. The number of nitrogens with two attached hydrogens (primary N) is 1. The largest absolute Gasteiger partial charge is 0.370 e. The van der Waals surface area contributed by atoms with Crippen LogP contribution in [0.1, 0.15) is 37.6 Å². The third-order valence-corrected chi connectivity index (χ3v) is 2.60. The van der Waals surface area contributed by atoms with Gasteiger partial charge in [-0.3, -0.25) is 0 Å². The van der Waals surface area contributed by atoms with Gasteiger partial charge in [-0.1, -0.05) is 0 Å². The molecular formula is C9H17N5O. The summed E-state index contributed by atoms with van der Waals surface area (Å²) in [6.45, 7) is 2.37. The Morgan fingerprint density at radius 2 is 2.40 bits per heavy atom. The minimum atomic E-state index is 0.0953. The fraction of sp³-hybridized carbons (Fsp3) is 0.889. The summed E-state index contributed by atoms with van der Waals surface area (Å²) in [7, 11) is 0. The minimum Gasteiger partial charge on any atom is -0.370 e. The molecule has 1 aliphatic heterocycles. The number of hydrogen-bond acceptors (Lipinski definition) is 5. The second kappa shape index (κ2) is 5.18. The lowest BCUT2D eigenvalue weighted by Crippen LogP contribution is -2.11. The van der Waals surface area contributed by atoms with E-state index >= 15 is 0 Å². The van der Waals surface area contributed by atoms with Crippen molar-refractivity contribution in [2.75, 3.05) is 13.2 Å². The molecule has 0 bridgehead atoms. The molecule has 84 valence electrons. The Hall–Kier alpha value is -1.01. The van der Waals surface area contributed by atoms with E-state index in [0.717, 1.165) is 51.2 Å². The Bertz CT molecular complexity index is 294. The Kier molecular flexibility index (Phi) is 3.63. The van der Waals surface area contributed by atoms with Gasteiger partial charge in [-0.05, 0) is 42.7 Å². The maximum Gasteiger partial charge on any atom is 0.180 e. The van der Waals surface area contributed by atoms with Gasteiger partial charge in [-0.15, -0.1) is 5.10 Å². The van der Waals surface area contributed by atoms with Crippen LogP contribution in [0.5, 0.6) is 0 Å². The normalized spacial score (nSPS) is 21.0. The van der Waals surface area contributed by atoms with E-state index in [2.05, 4.69) is 15.5 Å². The number of rotatable bonds is 5. The maximum absolute atomic E-state index is 5.56. The highest BCUT2D eigenvalue weighted by Crippen LogP contribution is 2.26. The van der Waals surface area contributed by atoms with Crippen molar-refractivity contribution in [2.24, 2.45) is 5.73 Å². The van der Waals surface area contributed by atoms with Crippen LogP contribution in [0.3, 0.4) is 0 Å². The molecule has 2 rings (SSSR count). The van der Waals surface area contributed by atoms with Crippen LogP contribution in [0.2, 0.25) is 0 Å². The molecule has 1 fully saturated rings. The van der Waals surface area contributed by atoms with Gasteiger partial charge in [0.1, 0.15) is 6.10 Å². The van der Waals surface area contributed by atoms with Crippen molar-refractivity contribution in [2.45, 2.75) is 38.3 Å². The summed E-state index contributed by atoms with van der Waals surface area (Å²) < 4.78 is 7.40. The van der Waals surface area contributed by atoms with Gasteiger partial charge in [-0.25, -0.2) is 4.68 Å². The number of hydrogen-bond donors (Lipinski definition) is 1. The first-order chi connectivity index (χ1) is 7.42. The standard InChI is InChI=1S/C9H17N5O/c10-5-1-2-6-14-9(11-12-13-14)8-4-3-7-15-8/h8H,1-7,10H2. The fourth-order valence-electron chi connectivity index (χ4n) is 1.79. The van der Waals surface area contributed by atoms with Gasteiger partial charge in [0.15, 0.2) is 5.82 Å². The molecule has 15 heavy (non-hydrogen) atoms. The van der Waals surface area contributed by atoms with Crippen LogP contribution in [0.25, 0.3) is 0 Å². The summed E-state index contributed by atoms with van der Waals surface area (Å²) >= 11 is 0. The van der Waals surface area contributed by atoms with Crippen LogP contribution in [-0.4, -0.2) is 33.4 Å². The molecule has 0 saturated carbocycles. The van der Waals surface area contributed by atoms with E-state index in [4.69, 9.17) is 10.5 Å². The van der Waals surface area contributed by atoms with Gasteiger partial charge in [0.2, 0.25) is 0 Å². The van der Waals surface area contributed by atoms with Crippen molar-refractivity contribution in [3.63, 3.8) is 0 Å². The number of nitrogens with zero attached hydrogens (tertiary/aromatic N) is 4. The topological polar surface area (TPSA) is 78.9 Å². The zero-order valence-corrected chi connectivity index (χ0v) is 8.80. The molecule has 1 unspecified atom stereocenters. The van der Waals surface area contributed by atoms with E-state index in [9.17, 15) is 0 Å². The Morgan fingerprint density at radius 3 is 3.13 bits per heavy atom. The number of ether oxygens (including phenoxy) is 1. The Labute approximate surface area is 88.8 Å². The number of tetrazole rings is 1. The van der Waals surface area contributed by atoms with Crippen molar-refractivity contribution in [1.82, 2.24) is 20.2 Å². The van der Waals surface area contributed by atoms with Crippen molar-refractivity contribution < 1.29 is 4.74 Å². The quantitative estimate of drug-likeness (QED) is 0.707. The number of unbranched alkanes of at least 4 members (excludes halogenated alkanes) is 1. The number of aryl methyl sites for hydroxylation is 1. The third kappa shape index (κ3) is 2.51. The highest BCUT2D eigenvalue weighted by atomic mass is 16.5. The van der Waals surface area contributed by atoms with E-state index in [-0.39, 0.29) is 6.10 Å². The monoisotopic (exact) mass is 211 g/mol. The van der Waals surface area contributed by atoms with E-state index in [1.165, 1.54) is 0 Å². The third-order valence-electron chi connectivity index (χ3n) is 2.60. The van der Waals surface area contributed by atoms with Gasteiger partial charge in [-0.2, -0.15) is 0 Å². The average Bonchev–Trinajstić information content (AvgIpc) is 2.87. The molecule has 0 amide bonds. The van der Waals surface area contributed by atoms with Crippen LogP contribution in [-0.2, 0) is 11.3 Å². The van der Waals surface area contributed by atoms with Crippen LogP contribution < -0.4 is 5.73 Å². The lowest BCUT2D eigenvalue weighted by molar-refractivity contribution is 0.100. The second-order valence-corrected chi connectivity index (χ2v) is 3.76. The molecule has 1 aromatic heterocycles. The van der Waals surface area contributed by atoms with Gasteiger partial charge in [0, 0.05) is 13.2 Å². The summed E-state index contributed by atoms with van der Waals surface area (Å²) in [5.41, 5.74) is 5.44. The van der Waals surface area contributed by atoms with E-state index in [0.29, 0.717) is 0 Å². The van der Waals surface area contributed by atoms with Crippen LogP contribution in [0, 0.1) is 0 Å². The molecule has 6 nitrogen and oxygen atoms in total. The molecule has 2 N–H and O–H groups in total. The summed E-state index contributed by atoms with van der Waals surface area (Å²) in [4.78, 5) is 0. The summed E-state index contributed by atoms with van der Waals surface area (Å²) in [6, 6.07) is 0. The molecule has 0 radical (unpaired) electrons. The highest BCUT2D eigenvalue weighted by molar-refractivity contribution is 4.90. The van der Waals surface area contributed by atoms with Crippen LogP contribution in [0.15, 0.2) is 0 Å². The minimum absolute atomic E-state index is 0.0953. The molecule has 1 aromatic rings. The van der Waals surface area contributed by atoms with E-state index < -0.39 is 0 Å². The summed E-state index contributed by atoms with van der Waals surface area (Å²) in [5.74, 6) is 0.865. The predicted molar refractivity (Wildman–Crippen MR) is 54.0 cm³/mol. The molecule has 0 aliphatic carbocycles. The molecular weight excluding hydrogens is 194 g/mol. The van der Waals surface area contributed by atoms with Crippen LogP contribution >= 0.6 is 0 Å². The average molecular weight is 211 g/mol. The maximum atomic E-state index is 5.56. The zero-order chi connectivity index (χ0) is 10.5. The van der Waals surface area contributed by atoms with Gasteiger partial charge in [0.25, 0.3) is 0 Å². The van der Waals surface area contributed by atoms with Gasteiger partial charge >= 0.3 is 0 Å².